The van der Waals surface area contributed by atoms with Crippen molar-refractivity contribution in [2.24, 2.45) is 0 Å². The summed E-state index contributed by atoms with van der Waals surface area (Å²) in [6.07, 6.45) is -1.15. The number of ether oxygens (including phenoxy) is 4. The molecule has 1 N–H and O–H groups in total. The highest BCUT2D eigenvalue weighted by atomic mass is 32.2. The van der Waals surface area contributed by atoms with Gasteiger partial charge in [-0.25, -0.2) is 13.2 Å². The molecule has 11 heteroatoms. The summed E-state index contributed by atoms with van der Waals surface area (Å²) < 4.78 is 47.8. The third kappa shape index (κ3) is 5.81. The zero-order valence-corrected chi connectivity index (χ0v) is 19.4. The number of anilines is 1. The molecule has 1 aliphatic rings. The number of hydrogen-bond donors (Lipinski definition) is 1. The predicted molar refractivity (Wildman–Crippen MR) is 119 cm³/mol. The van der Waals surface area contributed by atoms with Gasteiger partial charge in [-0.15, -0.1) is 0 Å². The number of methoxy groups -OCH3 is 2. The summed E-state index contributed by atoms with van der Waals surface area (Å²) in [7, 11) is -0.828. The number of nitrogens with one attached hydrogen (secondary N) is 1. The predicted octanol–water partition coefficient (Wildman–Crippen LogP) is 1.91. The summed E-state index contributed by atoms with van der Waals surface area (Å²) >= 11 is 0. The van der Waals surface area contributed by atoms with E-state index in [1.807, 2.05) is 0 Å². The number of rotatable bonds is 8. The second-order valence-corrected chi connectivity index (χ2v) is 9.09. The standard InChI is InChI=1S/C22H26N2O8S/c1-15(32-22(26)19-8-7-17(29-2)14-20(19)30-3)21(25)23-16-5-4-6-18(13-16)33(27,28)24-9-11-31-12-10-24/h4-8,13-15H,9-12H2,1-3H3,(H,23,25). The van der Waals surface area contributed by atoms with Crippen LogP contribution in [-0.4, -0.2) is 71.2 Å². The van der Waals surface area contributed by atoms with Crippen molar-refractivity contribution in [1.29, 1.82) is 0 Å². The number of sulfonamides is 1. The molecule has 1 aliphatic heterocycles. The van der Waals surface area contributed by atoms with Gasteiger partial charge in [0.2, 0.25) is 10.0 Å². The Balaban J connectivity index is 1.68. The molecular weight excluding hydrogens is 452 g/mol. The minimum atomic E-state index is -3.72. The molecule has 2 aromatic carbocycles. The molecule has 178 valence electrons. The molecule has 2 aromatic rings. The summed E-state index contributed by atoms with van der Waals surface area (Å²) in [4.78, 5) is 25.2. The molecule has 3 rings (SSSR count). The van der Waals surface area contributed by atoms with E-state index >= 15 is 0 Å². The number of hydrogen-bond acceptors (Lipinski definition) is 8. The Labute approximate surface area is 192 Å². The Morgan fingerprint density at radius 3 is 2.45 bits per heavy atom. The van der Waals surface area contributed by atoms with E-state index in [0.29, 0.717) is 19.0 Å². The second-order valence-electron chi connectivity index (χ2n) is 7.15. The molecule has 0 radical (unpaired) electrons. The first-order valence-corrected chi connectivity index (χ1v) is 11.6. The largest absolute Gasteiger partial charge is 0.497 e. The van der Waals surface area contributed by atoms with Gasteiger partial charge in [-0.2, -0.15) is 4.31 Å². The van der Waals surface area contributed by atoms with Gasteiger partial charge in [0.25, 0.3) is 5.91 Å². The molecule has 1 unspecified atom stereocenters. The molecule has 1 atom stereocenters. The van der Waals surface area contributed by atoms with E-state index < -0.39 is 28.0 Å². The number of carbonyl (C=O) groups excluding carboxylic acids is 2. The molecule has 1 saturated heterocycles. The number of esters is 1. The number of morpholine rings is 1. The molecule has 0 spiro atoms. The van der Waals surface area contributed by atoms with E-state index in [9.17, 15) is 18.0 Å². The quantitative estimate of drug-likeness (QED) is 0.572. The lowest BCUT2D eigenvalue weighted by atomic mass is 10.2. The van der Waals surface area contributed by atoms with Crippen molar-refractivity contribution >= 4 is 27.6 Å². The Hall–Kier alpha value is -3.15. The van der Waals surface area contributed by atoms with Crippen LogP contribution in [-0.2, 0) is 24.3 Å². The third-order valence-electron chi connectivity index (χ3n) is 4.99. The van der Waals surface area contributed by atoms with Crippen LogP contribution in [0.25, 0.3) is 0 Å². The van der Waals surface area contributed by atoms with E-state index in [0.717, 1.165) is 0 Å². The van der Waals surface area contributed by atoms with Crippen molar-refractivity contribution in [2.45, 2.75) is 17.9 Å². The first-order chi connectivity index (χ1) is 15.8. The molecule has 1 amide bonds. The number of nitrogens with zero attached hydrogens (tertiary/aromatic N) is 1. The van der Waals surface area contributed by atoms with Crippen molar-refractivity contribution in [3.8, 4) is 11.5 Å². The van der Waals surface area contributed by atoms with Crippen molar-refractivity contribution in [3.05, 3.63) is 48.0 Å². The minimum absolute atomic E-state index is 0.0508. The first-order valence-electron chi connectivity index (χ1n) is 10.2. The summed E-state index contributed by atoms with van der Waals surface area (Å²) in [5.74, 6) is -0.619. The molecule has 0 aromatic heterocycles. The van der Waals surface area contributed by atoms with E-state index in [1.165, 1.54) is 55.8 Å². The van der Waals surface area contributed by atoms with Gasteiger partial charge < -0.3 is 24.3 Å². The SMILES string of the molecule is COc1ccc(C(=O)OC(C)C(=O)Nc2cccc(S(=O)(=O)N3CCOCC3)c2)c(OC)c1. The van der Waals surface area contributed by atoms with E-state index in [2.05, 4.69) is 5.32 Å². The molecule has 1 fully saturated rings. The van der Waals surface area contributed by atoms with Crippen LogP contribution < -0.4 is 14.8 Å². The lowest BCUT2D eigenvalue weighted by Gasteiger charge is -2.26. The second kappa shape index (κ2) is 10.6. The summed E-state index contributed by atoms with van der Waals surface area (Å²) in [6.45, 7) is 2.61. The average Bonchev–Trinajstić information content (AvgIpc) is 2.84. The Kier molecular flexibility index (Phi) is 7.90. The minimum Gasteiger partial charge on any atom is -0.497 e. The van der Waals surface area contributed by atoms with Gasteiger partial charge in [0.1, 0.15) is 17.1 Å². The molecule has 0 bridgehead atoms. The summed E-state index contributed by atoms with van der Waals surface area (Å²) in [5.41, 5.74) is 0.399. The van der Waals surface area contributed by atoms with Gasteiger partial charge in [0.05, 0.1) is 32.3 Å². The molecule has 1 heterocycles. The van der Waals surface area contributed by atoms with Gasteiger partial charge >= 0.3 is 5.97 Å². The number of amides is 1. The molecular formula is C22H26N2O8S. The van der Waals surface area contributed by atoms with Crippen molar-refractivity contribution in [3.63, 3.8) is 0 Å². The van der Waals surface area contributed by atoms with Gasteiger partial charge in [-0.05, 0) is 37.3 Å². The maximum Gasteiger partial charge on any atom is 0.342 e. The summed E-state index contributed by atoms with van der Waals surface area (Å²) in [6, 6.07) is 10.5. The van der Waals surface area contributed by atoms with Crippen LogP contribution in [0.5, 0.6) is 11.5 Å². The molecule has 10 nitrogen and oxygen atoms in total. The Bertz CT molecular complexity index is 1110. The maximum absolute atomic E-state index is 12.8. The van der Waals surface area contributed by atoms with E-state index in [4.69, 9.17) is 18.9 Å². The van der Waals surface area contributed by atoms with Crippen molar-refractivity contribution in [1.82, 2.24) is 4.31 Å². The Morgan fingerprint density at radius 1 is 1.06 bits per heavy atom. The fourth-order valence-corrected chi connectivity index (χ4v) is 4.61. The average molecular weight is 479 g/mol. The highest BCUT2D eigenvalue weighted by molar-refractivity contribution is 7.89. The number of carbonyl (C=O) groups is 2. The highest BCUT2D eigenvalue weighted by Crippen LogP contribution is 2.26. The monoisotopic (exact) mass is 478 g/mol. The fourth-order valence-electron chi connectivity index (χ4n) is 3.16. The zero-order valence-electron chi connectivity index (χ0n) is 18.6. The van der Waals surface area contributed by atoms with Gasteiger partial charge in [-0.3, -0.25) is 4.79 Å². The maximum atomic E-state index is 12.8. The highest BCUT2D eigenvalue weighted by Gasteiger charge is 2.27. The lowest BCUT2D eigenvalue weighted by molar-refractivity contribution is -0.123. The summed E-state index contributed by atoms with van der Waals surface area (Å²) in [5, 5.41) is 2.59. The molecule has 0 saturated carbocycles. The van der Waals surface area contributed by atoms with Gasteiger partial charge in [0.15, 0.2) is 6.10 Å². The van der Waals surface area contributed by atoms with Crippen molar-refractivity contribution < 1.29 is 37.0 Å². The van der Waals surface area contributed by atoms with Crippen LogP contribution in [0.2, 0.25) is 0 Å². The number of benzene rings is 2. The topological polar surface area (TPSA) is 120 Å². The van der Waals surface area contributed by atoms with Crippen LogP contribution in [0.1, 0.15) is 17.3 Å². The zero-order chi connectivity index (χ0) is 24.0. The lowest BCUT2D eigenvalue weighted by Crippen LogP contribution is -2.40. The fraction of sp³-hybridized carbons (Fsp3) is 0.364. The molecule has 33 heavy (non-hydrogen) atoms. The normalized spacial score (nSPS) is 15.4. The van der Waals surface area contributed by atoms with Crippen LogP contribution in [0.4, 0.5) is 5.69 Å². The van der Waals surface area contributed by atoms with Crippen molar-refractivity contribution in [2.75, 3.05) is 45.8 Å². The Morgan fingerprint density at radius 2 is 1.79 bits per heavy atom. The van der Waals surface area contributed by atoms with Crippen LogP contribution >= 0.6 is 0 Å². The smallest absolute Gasteiger partial charge is 0.342 e. The first kappa shape index (κ1) is 24.5. The van der Waals surface area contributed by atoms with Gasteiger partial charge in [-0.1, -0.05) is 6.07 Å². The van der Waals surface area contributed by atoms with E-state index in [-0.39, 0.29) is 35.0 Å². The van der Waals surface area contributed by atoms with Crippen LogP contribution in [0.15, 0.2) is 47.4 Å². The van der Waals surface area contributed by atoms with Crippen LogP contribution in [0, 0.1) is 0 Å². The molecule has 0 aliphatic carbocycles. The van der Waals surface area contributed by atoms with Crippen LogP contribution in [0.3, 0.4) is 0 Å². The van der Waals surface area contributed by atoms with E-state index in [1.54, 1.807) is 12.1 Å². The third-order valence-corrected chi connectivity index (χ3v) is 6.89. The van der Waals surface area contributed by atoms with Gasteiger partial charge in [0, 0.05) is 24.8 Å².